The van der Waals surface area contributed by atoms with Crippen molar-refractivity contribution in [2.45, 2.75) is 75.5 Å². The van der Waals surface area contributed by atoms with Gasteiger partial charge in [-0.1, -0.05) is 0 Å². The van der Waals surface area contributed by atoms with Crippen LogP contribution in [0, 0.1) is 0 Å². The second-order valence-electron chi connectivity index (χ2n) is 8.07. The van der Waals surface area contributed by atoms with Crippen LogP contribution in [-0.4, -0.2) is 93.1 Å². The molecule has 14 nitrogen and oxygen atoms in total. The lowest BCUT2D eigenvalue weighted by molar-refractivity contribution is -0.150. The highest BCUT2D eigenvalue weighted by molar-refractivity contribution is 5.95. The maximum Gasteiger partial charge on any atom is 0.326 e. The molecule has 0 spiro atoms. The van der Waals surface area contributed by atoms with Crippen molar-refractivity contribution in [1.29, 1.82) is 0 Å². The molecule has 1 saturated heterocycles. The topological polar surface area (TPSA) is 242 Å². The van der Waals surface area contributed by atoms with Gasteiger partial charge in [0.15, 0.2) is 0 Å². The number of amides is 3. The van der Waals surface area contributed by atoms with Crippen LogP contribution in [-0.2, 0) is 28.8 Å². The van der Waals surface area contributed by atoms with Crippen molar-refractivity contribution < 1.29 is 44.1 Å². The van der Waals surface area contributed by atoms with Crippen LogP contribution < -0.4 is 22.1 Å². The molecule has 192 valence electrons. The van der Waals surface area contributed by atoms with Crippen LogP contribution in [0.25, 0.3) is 0 Å². The van der Waals surface area contributed by atoms with Gasteiger partial charge in [-0.2, -0.15) is 0 Å². The number of hydrogen-bond acceptors (Lipinski definition) is 8. The molecule has 1 aliphatic rings. The highest BCUT2D eigenvalue weighted by Gasteiger charge is 2.39. The summed E-state index contributed by atoms with van der Waals surface area (Å²) >= 11 is 0. The minimum Gasteiger partial charge on any atom is -0.481 e. The Morgan fingerprint density at radius 2 is 1.56 bits per heavy atom. The molecule has 0 aromatic heterocycles. The lowest BCUT2D eigenvalue weighted by atomic mass is 10.1. The summed E-state index contributed by atoms with van der Waals surface area (Å²) in [6.45, 7) is 0.433. The number of nitrogens with one attached hydrogen (secondary N) is 2. The molecule has 34 heavy (non-hydrogen) atoms. The summed E-state index contributed by atoms with van der Waals surface area (Å²) in [6, 6.07) is -5.04. The van der Waals surface area contributed by atoms with Crippen molar-refractivity contribution in [3.63, 3.8) is 0 Å². The van der Waals surface area contributed by atoms with E-state index in [1.807, 2.05) is 0 Å². The van der Waals surface area contributed by atoms with Crippen LogP contribution in [0.2, 0.25) is 0 Å². The molecular weight excluding hydrogens is 454 g/mol. The molecule has 0 radical (unpaired) electrons. The summed E-state index contributed by atoms with van der Waals surface area (Å²) in [5.41, 5.74) is 11.2. The Balaban J connectivity index is 2.97. The van der Waals surface area contributed by atoms with Gasteiger partial charge in [-0.15, -0.1) is 0 Å². The van der Waals surface area contributed by atoms with E-state index in [0.29, 0.717) is 25.8 Å². The number of carboxylic acids is 3. The zero-order valence-electron chi connectivity index (χ0n) is 18.8. The van der Waals surface area contributed by atoms with Crippen LogP contribution in [0.1, 0.15) is 51.4 Å². The van der Waals surface area contributed by atoms with Gasteiger partial charge in [-0.05, 0) is 45.1 Å². The van der Waals surface area contributed by atoms with E-state index in [1.54, 1.807) is 0 Å². The maximum atomic E-state index is 12.9. The third kappa shape index (κ3) is 9.31. The highest BCUT2D eigenvalue weighted by Crippen LogP contribution is 2.19. The lowest BCUT2D eigenvalue weighted by Crippen LogP contribution is -2.57. The molecule has 3 amide bonds. The van der Waals surface area contributed by atoms with Crippen LogP contribution >= 0.6 is 0 Å². The number of carbonyl (C=O) groups excluding carboxylic acids is 3. The molecule has 9 N–H and O–H groups in total. The third-order valence-corrected chi connectivity index (χ3v) is 5.40. The fourth-order valence-electron chi connectivity index (χ4n) is 3.58. The SMILES string of the molecule is NCCCCC(NC(=O)C(N)CCC(=O)O)C(=O)NC(CC(=O)O)C(=O)N1CCCC1C(=O)O. The molecule has 0 aromatic carbocycles. The van der Waals surface area contributed by atoms with Crippen LogP contribution in [0.15, 0.2) is 0 Å². The number of unbranched alkanes of at least 4 members (excludes halogenated alkanes) is 1. The fraction of sp³-hybridized carbons (Fsp3) is 0.700. The summed E-state index contributed by atoms with van der Waals surface area (Å²) in [5.74, 6) is -6.22. The van der Waals surface area contributed by atoms with E-state index in [4.69, 9.17) is 16.6 Å². The Kier molecular flexibility index (Phi) is 11.9. The molecule has 0 saturated carbocycles. The molecule has 1 aliphatic heterocycles. The molecule has 0 aromatic rings. The van der Waals surface area contributed by atoms with Crippen molar-refractivity contribution in [1.82, 2.24) is 15.5 Å². The number of carbonyl (C=O) groups is 6. The van der Waals surface area contributed by atoms with Gasteiger partial charge in [0.1, 0.15) is 18.1 Å². The normalized spacial score (nSPS) is 17.9. The number of nitrogens with zero attached hydrogens (tertiary/aromatic N) is 1. The molecule has 14 heteroatoms. The molecule has 4 atom stereocenters. The summed E-state index contributed by atoms with van der Waals surface area (Å²) in [5, 5.41) is 32.0. The number of nitrogens with two attached hydrogens (primary N) is 2. The molecule has 0 aliphatic carbocycles. The van der Waals surface area contributed by atoms with Crippen molar-refractivity contribution in [3.05, 3.63) is 0 Å². The Hall–Kier alpha value is -3.26. The third-order valence-electron chi connectivity index (χ3n) is 5.40. The van der Waals surface area contributed by atoms with Crippen LogP contribution in [0.3, 0.4) is 0 Å². The van der Waals surface area contributed by atoms with Gasteiger partial charge in [-0.25, -0.2) is 4.79 Å². The largest absolute Gasteiger partial charge is 0.481 e. The Labute approximate surface area is 196 Å². The summed E-state index contributed by atoms with van der Waals surface area (Å²) < 4.78 is 0. The monoisotopic (exact) mass is 487 g/mol. The van der Waals surface area contributed by atoms with E-state index in [-0.39, 0.29) is 32.2 Å². The smallest absolute Gasteiger partial charge is 0.326 e. The quantitative estimate of drug-likeness (QED) is 0.122. The summed E-state index contributed by atoms with van der Waals surface area (Å²) in [7, 11) is 0. The standard InChI is InChI=1S/C20H33N5O9/c21-8-2-1-4-12(23-17(30)11(22)6-7-15(26)27)18(31)24-13(10-16(28)29)19(32)25-9-3-5-14(25)20(33)34/h11-14H,1-10,21-22H2,(H,23,30)(H,24,31)(H,26,27)(H,28,29)(H,33,34). The van der Waals surface area contributed by atoms with Crippen molar-refractivity contribution in [2.24, 2.45) is 11.5 Å². The first kappa shape index (κ1) is 28.8. The highest BCUT2D eigenvalue weighted by atomic mass is 16.4. The van der Waals surface area contributed by atoms with Gasteiger partial charge >= 0.3 is 17.9 Å². The fourth-order valence-corrected chi connectivity index (χ4v) is 3.58. The first-order valence-electron chi connectivity index (χ1n) is 11.0. The first-order valence-corrected chi connectivity index (χ1v) is 11.0. The molecule has 1 heterocycles. The number of aliphatic carboxylic acids is 3. The van der Waals surface area contributed by atoms with E-state index in [9.17, 15) is 39.0 Å². The van der Waals surface area contributed by atoms with Gasteiger partial charge in [0.2, 0.25) is 17.7 Å². The minimum atomic E-state index is -1.54. The van der Waals surface area contributed by atoms with E-state index in [0.717, 1.165) is 4.90 Å². The number of likely N-dealkylation sites (tertiary alicyclic amines) is 1. The van der Waals surface area contributed by atoms with Crippen molar-refractivity contribution in [2.75, 3.05) is 13.1 Å². The van der Waals surface area contributed by atoms with Crippen LogP contribution in [0.5, 0.6) is 0 Å². The summed E-state index contributed by atoms with van der Waals surface area (Å²) in [6.07, 6.45) is 0.382. The number of hydrogen-bond donors (Lipinski definition) is 7. The lowest BCUT2D eigenvalue weighted by Gasteiger charge is -2.28. The second kappa shape index (κ2) is 14.1. The molecular formula is C20H33N5O9. The van der Waals surface area contributed by atoms with E-state index < -0.39 is 66.2 Å². The van der Waals surface area contributed by atoms with Crippen molar-refractivity contribution in [3.8, 4) is 0 Å². The average Bonchev–Trinajstić information content (AvgIpc) is 3.25. The van der Waals surface area contributed by atoms with Gasteiger partial charge < -0.3 is 42.3 Å². The zero-order valence-corrected chi connectivity index (χ0v) is 18.8. The predicted octanol–water partition coefficient (Wildman–Crippen LogP) is -2.17. The van der Waals surface area contributed by atoms with Crippen LogP contribution in [0.4, 0.5) is 0 Å². The van der Waals surface area contributed by atoms with Gasteiger partial charge in [-0.3, -0.25) is 24.0 Å². The second-order valence-corrected chi connectivity index (χ2v) is 8.07. The molecule has 1 rings (SSSR count). The van der Waals surface area contributed by atoms with Crippen molar-refractivity contribution >= 4 is 35.6 Å². The van der Waals surface area contributed by atoms with E-state index in [2.05, 4.69) is 10.6 Å². The Morgan fingerprint density at radius 3 is 2.12 bits per heavy atom. The molecule has 1 fully saturated rings. The van der Waals surface area contributed by atoms with Gasteiger partial charge in [0, 0.05) is 13.0 Å². The Bertz CT molecular complexity index is 776. The minimum absolute atomic E-state index is 0.107. The predicted molar refractivity (Wildman–Crippen MR) is 116 cm³/mol. The van der Waals surface area contributed by atoms with E-state index in [1.165, 1.54) is 0 Å². The van der Waals surface area contributed by atoms with Gasteiger partial charge in [0.05, 0.1) is 12.5 Å². The average molecular weight is 488 g/mol. The first-order chi connectivity index (χ1) is 16.0. The molecule has 4 unspecified atom stereocenters. The van der Waals surface area contributed by atoms with E-state index >= 15 is 0 Å². The zero-order chi connectivity index (χ0) is 25.8. The van der Waals surface area contributed by atoms with Gasteiger partial charge in [0.25, 0.3) is 0 Å². The maximum absolute atomic E-state index is 12.9. The number of carboxylic acid groups (broad SMARTS) is 3. The summed E-state index contributed by atoms with van der Waals surface area (Å²) in [4.78, 5) is 72.6. The Morgan fingerprint density at radius 1 is 0.912 bits per heavy atom. The number of rotatable bonds is 15. The molecule has 0 bridgehead atoms.